The van der Waals surface area contributed by atoms with Crippen LogP contribution in [0.1, 0.15) is 44.5 Å². The summed E-state index contributed by atoms with van der Waals surface area (Å²) in [5.41, 5.74) is 4.23. The Morgan fingerprint density at radius 3 is 2.34 bits per heavy atom. The molecule has 4 nitrogen and oxygen atoms in total. The van der Waals surface area contributed by atoms with Crippen molar-refractivity contribution in [3.8, 4) is 5.75 Å². The predicted molar refractivity (Wildman–Crippen MR) is 113 cm³/mol. The average Bonchev–Trinajstić information content (AvgIpc) is 3.20. The molecule has 2 aromatic carbocycles. The van der Waals surface area contributed by atoms with Gasteiger partial charge >= 0.3 is 0 Å². The molecule has 0 saturated carbocycles. The normalized spacial score (nSPS) is 10.8. The first-order valence-electron chi connectivity index (χ1n) is 9.47. The lowest BCUT2D eigenvalue weighted by molar-refractivity contribution is 0.101. The van der Waals surface area contributed by atoms with Gasteiger partial charge in [-0.25, -0.2) is 0 Å². The Bertz CT molecular complexity index is 1190. The maximum absolute atomic E-state index is 13.3. The van der Waals surface area contributed by atoms with Crippen LogP contribution in [0.15, 0.2) is 79.0 Å². The quantitative estimate of drug-likeness (QED) is 0.427. The molecule has 0 aliphatic heterocycles. The Morgan fingerprint density at radius 1 is 0.931 bits per heavy atom. The smallest absolute Gasteiger partial charge is 0.210 e. The number of aromatic nitrogens is 1. The molecule has 4 rings (SSSR count). The molecular formula is C25H21NO3. The van der Waals surface area contributed by atoms with Gasteiger partial charge in [0.2, 0.25) is 5.78 Å². The first-order valence-corrected chi connectivity index (χ1v) is 9.47. The fourth-order valence-corrected chi connectivity index (χ4v) is 3.51. The minimum Gasteiger partial charge on any atom is -0.489 e. The molecule has 144 valence electrons. The summed E-state index contributed by atoms with van der Waals surface area (Å²) >= 11 is 0. The highest BCUT2D eigenvalue weighted by atomic mass is 16.5. The van der Waals surface area contributed by atoms with E-state index in [9.17, 15) is 9.59 Å². The second-order valence-corrected chi connectivity index (χ2v) is 7.02. The molecule has 0 bridgehead atoms. The van der Waals surface area contributed by atoms with Crippen LogP contribution in [0.2, 0.25) is 0 Å². The highest BCUT2D eigenvalue weighted by Crippen LogP contribution is 2.23. The Balaban J connectivity index is 1.62. The van der Waals surface area contributed by atoms with Gasteiger partial charge in [0.05, 0.1) is 5.69 Å². The van der Waals surface area contributed by atoms with Gasteiger partial charge in [-0.2, -0.15) is 0 Å². The lowest BCUT2D eigenvalue weighted by Gasteiger charge is -2.13. The number of pyridine rings is 1. The van der Waals surface area contributed by atoms with Gasteiger partial charge in [-0.1, -0.05) is 30.3 Å². The van der Waals surface area contributed by atoms with Gasteiger partial charge in [0.15, 0.2) is 5.78 Å². The number of rotatable bonds is 6. The molecule has 0 saturated heterocycles. The van der Waals surface area contributed by atoms with E-state index in [2.05, 4.69) is 0 Å². The van der Waals surface area contributed by atoms with E-state index in [0.29, 0.717) is 34.7 Å². The summed E-state index contributed by atoms with van der Waals surface area (Å²) in [5.74, 6) is 0.525. The molecular weight excluding hydrogens is 362 g/mol. The maximum atomic E-state index is 13.3. The Labute approximate surface area is 169 Å². The number of Topliss-reactive ketones (excluding diaryl/α,β-unsaturated/α-hetero) is 1. The van der Waals surface area contributed by atoms with Crippen LogP contribution in [-0.2, 0) is 6.61 Å². The number of fused-ring (bicyclic) bond motifs is 1. The van der Waals surface area contributed by atoms with E-state index < -0.39 is 0 Å². The largest absolute Gasteiger partial charge is 0.489 e. The number of ketones is 2. The number of nitrogens with zero attached hydrogens (tertiary/aromatic N) is 1. The van der Waals surface area contributed by atoms with Gasteiger partial charge in [-0.05, 0) is 67.4 Å². The van der Waals surface area contributed by atoms with E-state index in [0.717, 1.165) is 11.1 Å². The van der Waals surface area contributed by atoms with Crippen LogP contribution in [0, 0.1) is 6.92 Å². The van der Waals surface area contributed by atoms with E-state index in [1.807, 2.05) is 66.1 Å². The molecule has 0 unspecified atom stereocenters. The zero-order valence-electron chi connectivity index (χ0n) is 16.4. The number of carbonyl (C=O) groups excluding carboxylic acids is 2. The van der Waals surface area contributed by atoms with E-state index in [1.165, 1.54) is 6.92 Å². The summed E-state index contributed by atoms with van der Waals surface area (Å²) < 4.78 is 7.64. The zero-order chi connectivity index (χ0) is 20.4. The fraction of sp³-hybridized carbons (Fsp3) is 0.120. The molecule has 0 radical (unpaired) electrons. The third-order valence-electron chi connectivity index (χ3n) is 5.03. The van der Waals surface area contributed by atoms with Crippen molar-refractivity contribution in [3.05, 3.63) is 107 Å². The van der Waals surface area contributed by atoms with Crippen LogP contribution in [0.3, 0.4) is 0 Å². The van der Waals surface area contributed by atoms with Crippen molar-refractivity contribution in [3.63, 3.8) is 0 Å². The van der Waals surface area contributed by atoms with Gasteiger partial charge in [0.25, 0.3) is 0 Å². The first kappa shape index (κ1) is 18.7. The topological polar surface area (TPSA) is 47.8 Å². The Kier molecular flexibility index (Phi) is 5.00. The highest BCUT2D eigenvalue weighted by molar-refractivity contribution is 6.11. The van der Waals surface area contributed by atoms with Crippen LogP contribution in [-0.4, -0.2) is 16.0 Å². The molecule has 0 N–H and O–H groups in total. The molecule has 2 aromatic heterocycles. The fourth-order valence-electron chi connectivity index (χ4n) is 3.51. The minimum atomic E-state index is -0.124. The molecule has 0 atom stereocenters. The van der Waals surface area contributed by atoms with Crippen LogP contribution in [0.25, 0.3) is 5.52 Å². The number of ether oxygens (including phenoxy) is 1. The van der Waals surface area contributed by atoms with E-state index in [-0.39, 0.29) is 11.6 Å². The van der Waals surface area contributed by atoms with Gasteiger partial charge < -0.3 is 9.14 Å². The summed E-state index contributed by atoms with van der Waals surface area (Å²) in [4.78, 5) is 25.3. The predicted octanol–water partition coefficient (Wildman–Crippen LogP) is 5.26. The SMILES string of the molecule is CC(=O)c1cc2cccn2c(C(=O)c2ccc(OCc3ccccc3)cc2)c1C. The van der Waals surface area contributed by atoms with Gasteiger partial charge in [0.1, 0.15) is 12.4 Å². The first-order chi connectivity index (χ1) is 14.0. The van der Waals surface area contributed by atoms with Crippen molar-refractivity contribution in [1.29, 1.82) is 0 Å². The highest BCUT2D eigenvalue weighted by Gasteiger charge is 2.20. The van der Waals surface area contributed by atoms with Crippen molar-refractivity contribution < 1.29 is 14.3 Å². The number of hydrogen-bond donors (Lipinski definition) is 0. The number of carbonyl (C=O) groups is 2. The molecule has 29 heavy (non-hydrogen) atoms. The van der Waals surface area contributed by atoms with E-state index in [4.69, 9.17) is 4.74 Å². The molecule has 4 aromatic rings. The van der Waals surface area contributed by atoms with Gasteiger partial charge in [-0.3, -0.25) is 9.59 Å². The number of benzene rings is 2. The lowest BCUT2D eigenvalue weighted by Crippen LogP contribution is -2.13. The third kappa shape index (κ3) is 3.69. The Morgan fingerprint density at radius 2 is 1.66 bits per heavy atom. The molecule has 0 aliphatic rings. The molecule has 0 fully saturated rings. The van der Waals surface area contributed by atoms with Crippen molar-refractivity contribution in [1.82, 2.24) is 4.40 Å². The monoisotopic (exact) mass is 383 g/mol. The van der Waals surface area contributed by atoms with E-state index >= 15 is 0 Å². The third-order valence-corrected chi connectivity index (χ3v) is 5.03. The van der Waals surface area contributed by atoms with Crippen molar-refractivity contribution in [2.24, 2.45) is 0 Å². The second kappa shape index (κ2) is 7.76. The second-order valence-electron chi connectivity index (χ2n) is 7.02. The van der Waals surface area contributed by atoms with Gasteiger partial charge in [0, 0.05) is 22.8 Å². The minimum absolute atomic E-state index is 0.0510. The van der Waals surface area contributed by atoms with Crippen LogP contribution < -0.4 is 4.74 Å². The van der Waals surface area contributed by atoms with Crippen LogP contribution >= 0.6 is 0 Å². The maximum Gasteiger partial charge on any atom is 0.210 e. The lowest BCUT2D eigenvalue weighted by atomic mass is 9.98. The summed E-state index contributed by atoms with van der Waals surface area (Å²) in [6.45, 7) is 3.81. The standard InChI is InChI=1S/C25H21NO3/c1-17-23(18(2)27)15-21-9-6-14-26(21)24(17)25(28)20-10-12-22(13-11-20)29-16-19-7-4-3-5-8-19/h3-15H,16H2,1-2H3. The van der Waals surface area contributed by atoms with Crippen molar-refractivity contribution in [2.75, 3.05) is 0 Å². The van der Waals surface area contributed by atoms with Crippen LogP contribution in [0.5, 0.6) is 5.75 Å². The van der Waals surface area contributed by atoms with Crippen molar-refractivity contribution >= 4 is 17.1 Å². The zero-order valence-corrected chi connectivity index (χ0v) is 16.4. The Hall–Kier alpha value is -3.66. The molecule has 0 amide bonds. The van der Waals surface area contributed by atoms with E-state index in [1.54, 1.807) is 24.3 Å². The summed E-state index contributed by atoms with van der Waals surface area (Å²) in [7, 11) is 0. The molecule has 4 heteroatoms. The van der Waals surface area contributed by atoms with Crippen LogP contribution in [0.4, 0.5) is 0 Å². The van der Waals surface area contributed by atoms with Crippen molar-refractivity contribution in [2.45, 2.75) is 20.5 Å². The molecule has 0 aliphatic carbocycles. The molecule has 2 heterocycles. The summed E-state index contributed by atoms with van der Waals surface area (Å²) in [6.07, 6.45) is 1.84. The number of hydrogen-bond acceptors (Lipinski definition) is 3. The summed E-state index contributed by atoms with van der Waals surface area (Å²) in [6, 6.07) is 22.6. The average molecular weight is 383 g/mol. The molecule has 0 spiro atoms. The summed E-state index contributed by atoms with van der Waals surface area (Å²) in [5, 5.41) is 0. The van der Waals surface area contributed by atoms with Gasteiger partial charge in [-0.15, -0.1) is 0 Å².